The van der Waals surface area contributed by atoms with Crippen LogP contribution in [-0.4, -0.2) is 5.78 Å². The fourth-order valence-corrected chi connectivity index (χ4v) is 1.76. The van der Waals surface area contributed by atoms with Crippen molar-refractivity contribution in [2.75, 3.05) is 0 Å². The average molecular weight is 236 g/mol. The van der Waals surface area contributed by atoms with Crippen LogP contribution >= 0.6 is 11.6 Å². The minimum Gasteiger partial charge on any atom is -0.300 e. The van der Waals surface area contributed by atoms with Crippen LogP contribution in [0.15, 0.2) is 24.3 Å². The summed E-state index contributed by atoms with van der Waals surface area (Å²) in [5.41, 5.74) is 1.03. The predicted octanol–water partition coefficient (Wildman–Crippen LogP) is 3.25. The molecule has 0 saturated carbocycles. The van der Waals surface area contributed by atoms with Gasteiger partial charge in [0.1, 0.15) is 5.78 Å². The third kappa shape index (κ3) is 3.36. The Hall–Kier alpha value is -1.33. The first kappa shape index (κ1) is 12.7. The largest absolute Gasteiger partial charge is 0.300 e. The highest BCUT2D eigenvalue weighted by Gasteiger charge is 2.21. The van der Waals surface area contributed by atoms with Gasteiger partial charge < -0.3 is 0 Å². The Bertz CT molecular complexity index is 405. The number of nitrogens with zero attached hydrogens (tertiary/aromatic N) is 1. The maximum atomic E-state index is 11.4. The standard InChI is InChI=1S/C13H14ClNO/c1-9(8-15)13(10(2)16)7-11-3-5-12(14)6-4-11/h3-6,9,13H,7H2,1-2H3. The molecule has 0 aliphatic carbocycles. The van der Waals surface area contributed by atoms with Crippen molar-refractivity contribution in [3.05, 3.63) is 34.9 Å². The molecule has 3 heteroatoms. The smallest absolute Gasteiger partial charge is 0.134 e. The van der Waals surface area contributed by atoms with Crippen molar-refractivity contribution >= 4 is 17.4 Å². The SMILES string of the molecule is CC(=O)C(Cc1ccc(Cl)cc1)C(C)C#N. The van der Waals surface area contributed by atoms with Crippen LogP contribution in [0.25, 0.3) is 0 Å². The molecule has 0 heterocycles. The summed E-state index contributed by atoms with van der Waals surface area (Å²) in [6.45, 7) is 3.32. The van der Waals surface area contributed by atoms with Gasteiger partial charge in [-0.3, -0.25) is 4.79 Å². The van der Waals surface area contributed by atoms with Gasteiger partial charge in [-0.1, -0.05) is 23.7 Å². The Morgan fingerprint density at radius 1 is 1.44 bits per heavy atom. The van der Waals surface area contributed by atoms with Crippen LogP contribution < -0.4 is 0 Å². The van der Waals surface area contributed by atoms with Gasteiger partial charge in [0.15, 0.2) is 0 Å². The first-order valence-corrected chi connectivity index (χ1v) is 5.57. The summed E-state index contributed by atoms with van der Waals surface area (Å²) in [5, 5.41) is 9.53. The Morgan fingerprint density at radius 3 is 2.44 bits per heavy atom. The van der Waals surface area contributed by atoms with Gasteiger partial charge in [0.25, 0.3) is 0 Å². The molecule has 16 heavy (non-hydrogen) atoms. The van der Waals surface area contributed by atoms with E-state index >= 15 is 0 Å². The molecule has 2 unspecified atom stereocenters. The lowest BCUT2D eigenvalue weighted by Crippen LogP contribution is -2.21. The summed E-state index contributed by atoms with van der Waals surface area (Å²) < 4.78 is 0. The Labute approximate surface area is 101 Å². The van der Waals surface area contributed by atoms with Crippen molar-refractivity contribution in [1.82, 2.24) is 0 Å². The van der Waals surface area contributed by atoms with Crippen LogP contribution in [0.5, 0.6) is 0 Å². The molecular formula is C13H14ClNO. The zero-order chi connectivity index (χ0) is 12.1. The van der Waals surface area contributed by atoms with Crippen LogP contribution in [-0.2, 0) is 11.2 Å². The van der Waals surface area contributed by atoms with Crippen molar-refractivity contribution in [3.63, 3.8) is 0 Å². The molecule has 1 aromatic rings. The van der Waals surface area contributed by atoms with Gasteiger partial charge in [-0.15, -0.1) is 0 Å². The molecule has 2 nitrogen and oxygen atoms in total. The summed E-state index contributed by atoms with van der Waals surface area (Å²) in [6.07, 6.45) is 0.598. The zero-order valence-electron chi connectivity index (χ0n) is 9.40. The van der Waals surface area contributed by atoms with Crippen LogP contribution in [0.3, 0.4) is 0 Å². The van der Waals surface area contributed by atoms with Crippen LogP contribution in [0.1, 0.15) is 19.4 Å². The average Bonchev–Trinajstić information content (AvgIpc) is 2.27. The predicted molar refractivity (Wildman–Crippen MR) is 64.1 cm³/mol. The minimum absolute atomic E-state index is 0.0593. The maximum absolute atomic E-state index is 11.4. The number of ketones is 1. The van der Waals surface area contributed by atoms with E-state index in [4.69, 9.17) is 16.9 Å². The van der Waals surface area contributed by atoms with Crippen molar-refractivity contribution in [3.8, 4) is 6.07 Å². The van der Waals surface area contributed by atoms with Crippen LogP contribution in [0.4, 0.5) is 0 Å². The second-order valence-electron chi connectivity index (χ2n) is 3.97. The number of benzene rings is 1. The highest BCUT2D eigenvalue weighted by atomic mass is 35.5. The van der Waals surface area contributed by atoms with Gasteiger partial charge in [-0.25, -0.2) is 0 Å². The fraction of sp³-hybridized carbons (Fsp3) is 0.385. The second-order valence-corrected chi connectivity index (χ2v) is 4.40. The summed E-state index contributed by atoms with van der Waals surface area (Å²) in [4.78, 5) is 11.4. The number of hydrogen-bond donors (Lipinski definition) is 0. The molecule has 84 valence electrons. The quantitative estimate of drug-likeness (QED) is 0.804. The number of carbonyl (C=O) groups is 1. The van der Waals surface area contributed by atoms with Crippen molar-refractivity contribution in [2.24, 2.45) is 11.8 Å². The van der Waals surface area contributed by atoms with E-state index in [0.29, 0.717) is 11.4 Å². The summed E-state index contributed by atoms with van der Waals surface area (Å²) in [5.74, 6) is -0.427. The topological polar surface area (TPSA) is 40.9 Å². The van der Waals surface area contributed by atoms with Gasteiger partial charge in [0, 0.05) is 10.9 Å². The lowest BCUT2D eigenvalue weighted by molar-refractivity contribution is -0.121. The number of halogens is 1. The van der Waals surface area contributed by atoms with Gasteiger partial charge in [0.2, 0.25) is 0 Å². The Kier molecular flexibility index (Phi) is 4.52. The molecule has 2 atom stereocenters. The van der Waals surface area contributed by atoms with E-state index in [1.165, 1.54) is 6.92 Å². The molecule has 0 N–H and O–H groups in total. The van der Waals surface area contributed by atoms with E-state index in [-0.39, 0.29) is 17.6 Å². The number of Topliss-reactive ketones (excluding diaryl/α,β-unsaturated/α-hetero) is 1. The third-order valence-corrected chi connectivity index (χ3v) is 2.95. The number of carbonyl (C=O) groups excluding carboxylic acids is 1. The van der Waals surface area contributed by atoms with Gasteiger partial charge >= 0.3 is 0 Å². The molecule has 0 amide bonds. The highest BCUT2D eigenvalue weighted by Crippen LogP contribution is 2.19. The molecule has 0 fully saturated rings. The summed E-state index contributed by atoms with van der Waals surface area (Å²) >= 11 is 5.78. The van der Waals surface area contributed by atoms with E-state index in [9.17, 15) is 4.79 Å². The van der Waals surface area contributed by atoms with E-state index in [2.05, 4.69) is 6.07 Å². The molecule has 0 radical (unpaired) electrons. The number of nitriles is 1. The van der Waals surface area contributed by atoms with Gasteiger partial charge in [0.05, 0.1) is 12.0 Å². The van der Waals surface area contributed by atoms with E-state index in [1.807, 2.05) is 12.1 Å². The normalized spacial score (nSPS) is 13.9. The Balaban J connectivity index is 2.80. The molecule has 0 aliphatic rings. The van der Waals surface area contributed by atoms with E-state index in [1.54, 1.807) is 19.1 Å². The van der Waals surface area contributed by atoms with Gasteiger partial charge in [-0.2, -0.15) is 5.26 Å². The lowest BCUT2D eigenvalue weighted by atomic mass is 9.86. The third-order valence-electron chi connectivity index (χ3n) is 2.70. The maximum Gasteiger partial charge on any atom is 0.134 e. The zero-order valence-corrected chi connectivity index (χ0v) is 10.2. The van der Waals surface area contributed by atoms with E-state index < -0.39 is 0 Å². The second kappa shape index (κ2) is 5.67. The van der Waals surface area contributed by atoms with Gasteiger partial charge in [-0.05, 0) is 38.0 Å². The molecule has 0 bridgehead atoms. The Morgan fingerprint density at radius 2 is 2.00 bits per heavy atom. The molecule has 1 aromatic carbocycles. The molecule has 0 spiro atoms. The highest BCUT2D eigenvalue weighted by molar-refractivity contribution is 6.30. The fourth-order valence-electron chi connectivity index (χ4n) is 1.64. The lowest BCUT2D eigenvalue weighted by Gasteiger charge is -2.15. The van der Waals surface area contributed by atoms with Crippen LogP contribution in [0.2, 0.25) is 5.02 Å². The summed E-state index contributed by atoms with van der Waals surface area (Å²) in [6, 6.07) is 9.51. The molecule has 0 aromatic heterocycles. The van der Waals surface area contributed by atoms with Crippen LogP contribution in [0, 0.1) is 23.2 Å². The van der Waals surface area contributed by atoms with Crippen molar-refractivity contribution in [1.29, 1.82) is 5.26 Å². The van der Waals surface area contributed by atoms with Crippen molar-refractivity contribution < 1.29 is 4.79 Å². The van der Waals surface area contributed by atoms with E-state index in [0.717, 1.165) is 5.56 Å². The molecule has 1 rings (SSSR count). The summed E-state index contributed by atoms with van der Waals surface area (Å²) in [7, 11) is 0. The monoisotopic (exact) mass is 235 g/mol. The first-order chi connectivity index (χ1) is 7.54. The number of rotatable bonds is 4. The van der Waals surface area contributed by atoms with Crippen molar-refractivity contribution in [2.45, 2.75) is 20.3 Å². The minimum atomic E-state index is -0.256. The first-order valence-electron chi connectivity index (χ1n) is 5.19. The molecule has 0 aliphatic heterocycles. The molecule has 0 saturated heterocycles. The molecular weight excluding hydrogens is 222 g/mol. The number of hydrogen-bond acceptors (Lipinski definition) is 2.